The van der Waals surface area contributed by atoms with Gasteiger partial charge in [0.25, 0.3) is 0 Å². The molecular weight excluding hydrogens is 280 g/mol. The van der Waals surface area contributed by atoms with Gasteiger partial charge in [0, 0.05) is 26.4 Å². The van der Waals surface area contributed by atoms with Gasteiger partial charge in [-0.2, -0.15) is 5.10 Å². The van der Waals surface area contributed by atoms with Crippen molar-refractivity contribution in [1.82, 2.24) is 14.7 Å². The Morgan fingerprint density at radius 2 is 2.18 bits per heavy atom. The van der Waals surface area contributed by atoms with Crippen molar-refractivity contribution in [1.29, 1.82) is 0 Å². The minimum atomic E-state index is -0.193. The number of primary amides is 1. The maximum atomic E-state index is 11.5. The summed E-state index contributed by atoms with van der Waals surface area (Å²) in [6.45, 7) is 3.91. The van der Waals surface area contributed by atoms with Crippen molar-refractivity contribution in [3.05, 3.63) is 18.0 Å². The summed E-state index contributed by atoms with van der Waals surface area (Å²) in [5.41, 5.74) is 6.79. The van der Waals surface area contributed by atoms with Crippen LogP contribution in [0, 0.1) is 11.8 Å². The Balaban J connectivity index is 1.45. The van der Waals surface area contributed by atoms with Crippen molar-refractivity contribution < 1.29 is 9.53 Å². The highest BCUT2D eigenvalue weighted by Crippen LogP contribution is 2.32. The Morgan fingerprint density at radius 1 is 1.41 bits per heavy atom. The lowest BCUT2D eigenvalue weighted by atomic mass is 9.84. The zero-order valence-electron chi connectivity index (χ0n) is 13.3. The number of aromatic nitrogens is 2. The van der Waals surface area contributed by atoms with Gasteiger partial charge in [-0.25, -0.2) is 0 Å². The van der Waals surface area contributed by atoms with Crippen molar-refractivity contribution in [3.63, 3.8) is 0 Å². The predicted octanol–water partition coefficient (Wildman–Crippen LogP) is 0.565. The molecule has 3 rings (SSSR count). The first kappa shape index (κ1) is 15.5. The molecule has 0 radical (unpaired) electrons. The summed E-state index contributed by atoms with van der Waals surface area (Å²) in [6.07, 6.45) is 8.11. The Morgan fingerprint density at radius 3 is 2.82 bits per heavy atom. The van der Waals surface area contributed by atoms with Gasteiger partial charge < -0.3 is 15.4 Å². The number of aryl methyl sites for hydroxylation is 1. The molecule has 1 aromatic rings. The molecule has 2 atom stereocenters. The number of carbonyl (C=O) groups excluding carboxylic acids is 1. The second-order valence-corrected chi connectivity index (χ2v) is 6.58. The van der Waals surface area contributed by atoms with E-state index in [0.717, 1.165) is 45.3 Å². The van der Waals surface area contributed by atoms with E-state index in [1.54, 1.807) is 0 Å². The predicted molar refractivity (Wildman–Crippen MR) is 83.1 cm³/mol. The average molecular weight is 306 g/mol. The molecule has 122 valence electrons. The monoisotopic (exact) mass is 306 g/mol. The number of nitrogens with two attached hydrogens (primary N) is 1. The number of hydrogen-bond acceptors (Lipinski definition) is 4. The van der Waals surface area contributed by atoms with Crippen molar-refractivity contribution in [2.75, 3.05) is 26.2 Å². The fraction of sp³-hybridized carbons (Fsp3) is 0.750. The summed E-state index contributed by atoms with van der Waals surface area (Å²) in [4.78, 5) is 14.0. The van der Waals surface area contributed by atoms with Gasteiger partial charge in [-0.3, -0.25) is 9.48 Å². The van der Waals surface area contributed by atoms with Crippen LogP contribution in [-0.2, 0) is 23.0 Å². The van der Waals surface area contributed by atoms with Crippen LogP contribution in [-0.4, -0.2) is 52.9 Å². The number of ether oxygens (including phenoxy) is 1. The second-order valence-electron chi connectivity index (χ2n) is 6.58. The van der Waals surface area contributed by atoms with E-state index >= 15 is 0 Å². The molecule has 1 aromatic heterocycles. The summed E-state index contributed by atoms with van der Waals surface area (Å²) in [5.74, 6) is 0.211. The lowest BCUT2D eigenvalue weighted by Crippen LogP contribution is -2.42. The third kappa shape index (κ3) is 3.50. The molecule has 0 aromatic carbocycles. The number of rotatable bonds is 5. The van der Waals surface area contributed by atoms with Gasteiger partial charge in [-0.1, -0.05) is 0 Å². The molecule has 2 saturated heterocycles. The van der Waals surface area contributed by atoms with Gasteiger partial charge in [-0.15, -0.1) is 0 Å². The van der Waals surface area contributed by atoms with Gasteiger partial charge in [0.15, 0.2) is 0 Å². The first-order valence-corrected chi connectivity index (χ1v) is 8.24. The molecule has 2 fully saturated rings. The van der Waals surface area contributed by atoms with Gasteiger partial charge >= 0.3 is 0 Å². The Kier molecular flexibility index (Phi) is 4.78. The molecule has 0 saturated carbocycles. The minimum Gasteiger partial charge on any atom is -0.377 e. The molecule has 3 heterocycles. The van der Waals surface area contributed by atoms with Gasteiger partial charge in [-0.05, 0) is 50.3 Å². The van der Waals surface area contributed by atoms with Crippen LogP contribution in [0.15, 0.2) is 12.4 Å². The first-order valence-electron chi connectivity index (χ1n) is 8.24. The first-order chi connectivity index (χ1) is 10.6. The van der Waals surface area contributed by atoms with E-state index in [9.17, 15) is 4.79 Å². The second kappa shape index (κ2) is 6.79. The number of nitrogens with zero attached hydrogens (tertiary/aromatic N) is 3. The Bertz CT molecular complexity index is 508. The Labute approximate surface area is 131 Å². The number of piperidine rings is 1. The van der Waals surface area contributed by atoms with Crippen molar-refractivity contribution in [3.8, 4) is 0 Å². The SMILES string of the molecule is Cn1cc(CCN2CCC([C@H]3OCC[C@@H]3C(N)=O)CC2)cn1. The lowest BCUT2D eigenvalue weighted by Gasteiger charge is -2.35. The van der Waals surface area contributed by atoms with Gasteiger partial charge in [0.1, 0.15) is 0 Å². The van der Waals surface area contributed by atoms with Crippen LogP contribution in [0.4, 0.5) is 0 Å². The highest BCUT2D eigenvalue weighted by atomic mass is 16.5. The zero-order chi connectivity index (χ0) is 15.5. The summed E-state index contributed by atoms with van der Waals surface area (Å²) >= 11 is 0. The molecule has 0 bridgehead atoms. The fourth-order valence-electron chi connectivity index (χ4n) is 3.77. The molecule has 2 aliphatic rings. The smallest absolute Gasteiger partial charge is 0.223 e. The lowest BCUT2D eigenvalue weighted by molar-refractivity contribution is -0.124. The van der Waals surface area contributed by atoms with Crippen LogP contribution in [0.2, 0.25) is 0 Å². The summed E-state index contributed by atoms with van der Waals surface area (Å²) in [5, 5.41) is 4.21. The maximum Gasteiger partial charge on any atom is 0.223 e. The Hall–Kier alpha value is -1.40. The highest BCUT2D eigenvalue weighted by Gasteiger charge is 2.39. The van der Waals surface area contributed by atoms with E-state index in [-0.39, 0.29) is 17.9 Å². The number of hydrogen-bond donors (Lipinski definition) is 1. The van der Waals surface area contributed by atoms with Crippen LogP contribution in [0.25, 0.3) is 0 Å². The molecule has 2 N–H and O–H groups in total. The molecule has 2 aliphatic heterocycles. The molecule has 6 heteroatoms. The standard InChI is InChI=1S/C16H26N4O2/c1-19-11-12(10-18-19)2-6-20-7-3-13(4-8-20)15-14(16(17)21)5-9-22-15/h10-11,13-15H,2-9H2,1H3,(H2,17,21)/t14-,15+/m0/s1. The van der Waals surface area contributed by atoms with Crippen molar-refractivity contribution >= 4 is 5.91 Å². The molecule has 1 amide bonds. The molecule has 6 nitrogen and oxygen atoms in total. The molecular formula is C16H26N4O2. The quantitative estimate of drug-likeness (QED) is 0.863. The highest BCUT2D eigenvalue weighted by molar-refractivity contribution is 5.77. The molecule has 0 aliphatic carbocycles. The van der Waals surface area contributed by atoms with E-state index in [0.29, 0.717) is 12.5 Å². The third-order valence-electron chi connectivity index (χ3n) is 5.07. The summed E-state index contributed by atoms with van der Waals surface area (Å²) in [6, 6.07) is 0. The van der Waals surface area contributed by atoms with Gasteiger partial charge in [0.2, 0.25) is 5.91 Å². The molecule has 0 spiro atoms. The summed E-state index contributed by atoms with van der Waals surface area (Å²) < 4.78 is 7.65. The topological polar surface area (TPSA) is 73.4 Å². The summed E-state index contributed by atoms with van der Waals surface area (Å²) in [7, 11) is 1.95. The molecule has 22 heavy (non-hydrogen) atoms. The molecule has 0 unspecified atom stereocenters. The van der Waals surface area contributed by atoms with Crippen LogP contribution in [0.5, 0.6) is 0 Å². The zero-order valence-corrected chi connectivity index (χ0v) is 13.3. The fourth-order valence-corrected chi connectivity index (χ4v) is 3.77. The van der Waals surface area contributed by atoms with E-state index in [1.807, 2.05) is 17.9 Å². The van der Waals surface area contributed by atoms with Crippen LogP contribution in [0.1, 0.15) is 24.8 Å². The van der Waals surface area contributed by atoms with E-state index in [1.165, 1.54) is 5.56 Å². The van der Waals surface area contributed by atoms with E-state index in [2.05, 4.69) is 16.2 Å². The number of likely N-dealkylation sites (tertiary alicyclic amines) is 1. The largest absolute Gasteiger partial charge is 0.377 e. The van der Waals surface area contributed by atoms with Crippen LogP contribution >= 0.6 is 0 Å². The third-order valence-corrected chi connectivity index (χ3v) is 5.07. The minimum absolute atomic E-state index is 0.0537. The van der Waals surface area contributed by atoms with E-state index in [4.69, 9.17) is 10.5 Å². The normalized spacial score (nSPS) is 27.3. The van der Waals surface area contributed by atoms with Crippen LogP contribution < -0.4 is 5.73 Å². The van der Waals surface area contributed by atoms with E-state index < -0.39 is 0 Å². The number of amides is 1. The number of carbonyl (C=O) groups is 1. The maximum absolute atomic E-state index is 11.5. The van der Waals surface area contributed by atoms with Crippen molar-refractivity contribution in [2.45, 2.75) is 31.8 Å². The van der Waals surface area contributed by atoms with Crippen LogP contribution in [0.3, 0.4) is 0 Å². The average Bonchev–Trinajstić information content (AvgIpc) is 3.14. The van der Waals surface area contributed by atoms with Gasteiger partial charge in [0.05, 0.1) is 18.2 Å². The van der Waals surface area contributed by atoms with Crippen molar-refractivity contribution in [2.24, 2.45) is 24.6 Å².